The second-order valence-electron chi connectivity index (χ2n) is 5.21. The van der Waals surface area contributed by atoms with Crippen molar-refractivity contribution in [2.24, 2.45) is 11.7 Å². The number of para-hydroxylation sites is 2. The lowest BCUT2D eigenvalue weighted by Gasteiger charge is -2.26. The number of hydrogen-bond donors (Lipinski definition) is 1. The average molecular weight is 247 g/mol. The van der Waals surface area contributed by atoms with Crippen molar-refractivity contribution in [3.63, 3.8) is 0 Å². The summed E-state index contributed by atoms with van der Waals surface area (Å²) >= 11 is 0. The maximum Gasteiger partial charge on any atom is 0.243 e. The lowest BCUT2D eigenvalue weighted by molar-refractivity contribution is -0.119. The molecule has 0 spiro atoms. The Hall–Kier alpha value is -1.55. The molecule has 0 saturated heterocycles. The number of rotatable bonds is 1. The molecule has 98 valence electrons. The van der Waals surface area contributed by atoms with E-state index in [0.29, 0.717) is 5.92 Å². The number of carbonyl (C=O) groups is 1. The Kier molecular flexibility index (Phi) is 3.57. The average Bonchev–Trinajstić information content (AvgIpc) is 2.46. The minimum Gasteiger partial charge on any atom is -0.373 e. The maximum atomic E-state index is 12.2. The molecule has 0 saturated carbocycles. The van der Waals surface area contributed by atoms with Crippen LogP contribution < -0.4 is 15.5 Å². The molecule has 0 aromatic heterocycles. The summed E-state index contributed by atoms with van der Waals surface area (Å²) in [4.78, 5) is 16.3. The third-order valence-electron chi connectivity index (χ3n) is 3.32. The first kappa shape index (κ1) is 12.9. The highest BCUT2D eigenvalue weighted by molar-refractivity contribution is 6.00. The van der Waals surface area contributed by atoms with Gasteiger partial charge in [-0.25, -0.2) is 0 Å². The van der Waals surface area contributed by atoms with E-state index in [9.17, 15) is 4.79 Å². The van der Waals surface area contributed by atoms with E-state index in [1.54, 1.807) is 6.92 Å². The highest BCUT2D eigenvalue weighted by atomic mass is 16.2. The van der Waals surface area contributed by atoms with Crippen LogP contribution in [0.3, 0.4) is 0 Å². The lowest BCUT2D eigenvalue weighted by atomic mass is 10.1. The van der Waals surface area contributed by atoms with E-state index in [4.69, 9.17) is 5.73 Å². The molecule has 1 amide bonds. The number of benzene rings is 1. The van der Waals surface area contributed by atoms with Crippen LogP contribution in [0.2, 0.25) is 0 Å². The Bertz CT molecular complexity index is 444. The predicted octanol–water partition coefficient (Wildman–Crippen LogP) is 1.45. The number of nitrogens with two attached hydrogens (primary N) is 1. The molecule has 0 bridgehead atoms. The minimum absolute atomic E-state index is 0.00963. The van der Waals surface area contributed by atoms with Crippen LogP contribution in [0.4, 0.5) is 11.4 Å². The van der Waals surface area contributed by atoms with E-state index >= 15 is 0 Å². The quantitative estimate of drug-likeness (QED) is 0.817. The highest BCUT2D eigenvalue weighted by Crippen LogP contribution is 2.32. The number of anilines is 2. The van der Waals surface area contributed by atoms with Gasteiger partial charge in [-0.05, 0) is 25.0 Å². The molecule has 0 aliphatic carbocycles. The van der Waals surface area contributed by atoms with Gasteiger partial charge in [0.05, 0.1) is 17.4 Å². The van der Waals surface area contributed by atoms with Crippen LogP contribution in [-0.4, -0.2) is 32.1 Å². The van der Waals surface area contributed by atoms with Crippen molar-refractivity contribution in [3.05, 3.63) is 24.3 Å². The van der Waals surface area contributed by atoms with Crippen molar-refractivity contribution in [1.82, 2.24) is 0 Å². The molecule has 4 heteroatoms. The van der Waals surface area contributed by atoms with E-state index in [1.807, 2.05) is 23.1 Å². The summed E-state index contributed by atoms with van der Waals surface area (Å²) in [7, 11) is 2.06. The highest BCUT2D eigenvalue weighted by Gasteiger charge is 2.27. The summed E-state index contributed by atoms with van der Waals surface area (Å²) in [6.07, 6.45) is 0. The monoisotopic (exact) mass is 247 g/mol. The van der Waals surface area contributed by atoms with E-state index in [2.05, 4.69) is 24.9 Å². The van der Waals surface area contributed by atoms with Crippen LogP contribution in [0, 0.1) is 5.92 Å². The van der Waals surface area contributed by atoms with Crippen molar-refractivity contribution in [2.75, 3.05) is 29.9 Å². The van der Waals surface area contributed by atoms with Gasteiger partial charge in [-0.15, -0.1) is 0 Å². The fourth-order valence-electron chi connectivity index (χ4n) is 2.50. The molecule has 1 aliphatic rings. The van der Waals surface area contributed by atoms with E-state index < -0.39 is 6.04 Å². The van der Waals surface area contributed by atoms with Gasteiger partial charge in [0, 0.05) is 20.1 Å². The van der Waals surface area contributed by atoms with Crippen LogP contribution in [0.5, 0.6) is 0 Å². The number of nitrogens with zero attached hydrogens (tertiary/aromatic N) is 2. The van der Waals surface area contributed by atoms with Crippen LogP contribution in [0.15, 0.2) is 24.3 Å². The van der Waals surface area contributed by atoms with Crippen LogP contribution in [-0.2, 0) is 4.79 Å². The van der Waals surface area contributed by atoms with E-state index in [-0.39, 0.29) is 5.91 Å². The fraction of sp³-hybridized carbons (Fsp3) is 0.500. The number of amides is 1. The first-order valence-electron chi connectivity index (χ1n) is 6.38. The third-order valence-corrected chi connectivity index (χ3v) is 3.32. The zero-order valence-electron chi connectivity index (χ0n) is 11.3. The Morgan fingerprint density at radius 3 is 2.56 bits per heavy atom. The molecule has 1 aliphatic heterocycles. The zero-order chi connectivity index (χ0) is 13.3. The van der Waals surface area contributed by atoms with Gasteiger partial charge >= 0.3 is 0 Å². The molecule has 1 aromatic carbocycles. The van der Waals surface area contributed by atoms with Gasteiger partial charge in [-0.3, -0.25) is 4.79 Å². The summed E-state index contributed by atoms with van der Waals surface area (Å²) in [5, 5.41) is 0. The molecule has 2 N–H and O–H groups in total. The molecule has 2 atom stereocenters. The Balaban J connectivity index is 2.45. The number of carbonyl (C=O) groups excluding carboxylic acids is 1. The topological polar surface area (TPSA) is 49.6 Å². The molecule has 2 rings (SSSR count). The number of hydrogen-bond acceptors (Lipinski definition) is 3. The SMILES string of the molecule is CC1CN(C)c2ccccc2N(C(=O)[C@@H](C)N)C1. The molecule has 18 heavy (non-hydrogen) atoms. The van der Waals surface area contributed by atoms with Gasteiger partial charge in [0.1, 0.15) is 0 Å². The summed E-state index contributed by atoms with van der Waals surface area (Å²) in [6.45, 7) is 5.57. The van der Waals surface area contributed by atoms with Crippen LogP contribution in [0.1, 0.15) is 13.8 Å². The molecule has 0 radical (unpaired) electrons. The van der Waals surface area contributed by atoms with Crippen molar-refractivity contribution in [2.45, 2.75) is 19.9 Å². The van der Waals surface area contributed by atoms with Crippen molar-refractivity contribution in [1.29, 1.82) is 0 Å². The Morgan fingerprint density at radius 1 is 1.33 bits per heavy atom. The van der Waals surface area contributed by atoms with Crippen LogP contribution >= 0.6 is 0 Å². The molecule has 1 heterocycles. The Morgan fingerprint density at radius 2 is 1.94 bits per heavy atom. The van der Waals surface area contributed by atoms with E-state index in [1.165, 1.54) is 0 Å². The Labute approximate surface area is 108 Å². The summed E-state index contributed by atoms with van der Waals surface area (Å²) < 4.78 is 0. The predicted molar refractivity (Wildman–Crippen MR) is 74.9 cm³/mol. The minimum atomic E-state index is -0.464. The van der Waals surface area contributed by atoms with Crippen molar-refractivity contribution >= 4 is 17.3 Å². The fourth-order valence-corrected chi connectivity index (χ4v) is 2.50. The van der Waals surface area contributed by atoms with Gasteiger partial charge in [-0.2, -0.15) is 0 Å². The lowest BCUT2D eigenvalue weighted by Crippen LogP contribution is -2.44. The summed E-state index contributed by atoms with van der Waals surface area (Å²) in [5.41, 5.74) is 7.81. The van der Waals surface area contributed by atoms with Gasteiger partial charge < -0.3 is 15.5 Å². The van der Waals surface area contributed by atoms with Gasteiger partial charge in [-0.1, -0.05) is 19.1 Å². The maximum absolute atomic E-state index is 12.2. The second kappa shape index (κ2) is 4.98. The zero-order valence-corrected chi connectivity index (χ0v) is 11.3. The third kappa shape index (κ3) is 2.34. The standard InChI is InChI=1S/C14H21N3O/c1-10-8-16(3)12-6-4-5-7-13(12)17(9-10)14(18)11(2)15/h4-7,10-11H,8-9,15H2,1-3H3/t10?,11-/m1/s1. The molecule has 0 fully saturated rings. The second-order valence-corrected chi connectivity index (χ2v) is 5.21. The normalized spacial score (nSPS) is 21.2. The summed E-state index contributed by atoms with van der Waals surface area (Å²) in [5.74, 6) is 0.412. The van der Waals surface area contributed by atoms with Crippen LogP contribution in [0.25, 0.3) is 0 Å². The van der Waals surface area contributed by atoms with Gasteiger partial charge in [0.2, 0.25) is 5.91 Å². The molecular weight excluding hydrogens is 226 g/mol. The molecule has 4 nitrogen and oxygen atoms in total. The first-order chi connectivity index (χ1) is 8.50. The summed E-state index contributed by atoms with van der Waals surface area (Å²) in [6, 6.07) is 7.54. The smallest absolute Gasteiger partial charge is 0.243 e. The molecule has 1 aromatic rings. The van der Waals surface area contributed by atoms with Crippen molar-refractivity contribution < 1.29 is 4.79 Å². The first-order valence-corrected chi connectivity index (χ1v) is 6.38. The largest absolute Gasteiger partial charge is 0.373 e. The molecule has 1 unspecified atom stereocenters. The van der Waals surface area contributed by atoms with Gasteiger partial charge in [0.25, 0.3) is 0 Å². The molecular formula is C14H21N3O. The number of fused-ring (bicyclic) bond motifs is 1. The van der Waals surface area contributed by atoms with E-state index in [0.717, 1.165) is 24.5 Å². The van der Waals surface area contributed by atoms with Gasteiger partial charge in [0.15, 0.2) is 0 Å². The van der Waals surface area contributed by atoms with Crippen molar-refractivity contribution in [3.8, 4) is 0 Å².